The van der Waals surface area contributed by atoms with Gasteiger partial charge in [0.2, 0.25) is 0 Å². The van der Waals surface area contributed by atoms with Gasteiger partial charge in [-0.15, -0.1) is 0 Å². The zero-order valence-corrected chi connectivity index (χ0v) is 13.1. The summed E-state index contributed by atoms with van der Waals surface area (Å²) in [5, 5.41) is 6.09. The van der Waals surface area contributed by atoms with Crippen LogP contribution in [0.4, 0.5) is 0 Å². The van der Waals surface area contributed by atoms with E-state index in [0.717, 1.165) is 0 Å². The molecule has 1 saturated heterocycles. The molecule has 1 fully saturated rings. The van der Waals surface area contributed by atoms with Crippen LogP contribution in [0.25, 0.3) is 5.32 Å². The number of hydrogen-bond donors (Lipinski definition) is 1. The van der Waals surface area contributed by atoms with Gasteiger partial charge in [-0.3, -0.25) is 9.59 Å². The number of nitrogens with one attached hydrogen (secondary N) is 1. The molecule has 1 heterocycles. The molecule has 2 amide bonds. The Labute approximate surface area is 133 Å². The third-order valence-electron chi connectivity index (χ3n) is 2.97. The van der Waals surface area contributed by atoms with E-state index in [1.54, 1.807) is 31.2 Å². The molecule has 0 aromatic heterocycles. The summed E-state index contributed by atoms with van der Waals surface area (Å²) >= 11 is 4.74. The second-order valence-corrected chi connectivity index (χ2v) is 4.19. The van der Waals surface area contributed by atoms with Crippen molar-refractivity contribution in [1.29, 1.82) is 0 Å². The fourth-order valence-corrected chi connectivity index (χ4v) is 2.19. The number of benzene rings is 1. The molecule has 18 heavy (non-hydrogen) atoms. The van der Waals surface area contributed by atoms with Crippen molar-refractivity contribution in [3.63, 3.8) is 0 Å². The molecule has 1 aromatic rings. The van der Waals surface area contributed by atoms with E-state index in [4.69, 9.17) is 12.2 Å². The average molecular weight is 270 g/mol. The van der Waals surface area contributed by atoms with Crippen molar-refractivity contribution < 1.29 is 39.1 Å². The van der Waals surface area contributed by atoms with E-state index in [2.05, 4.69) is 10.6 Å². The molecule has 0 saturated carbocycles. The molecule has 1 unspecified atom stereocenters. The molecule has 1 atom stereocenters. The first kappa shape index (κ1) is 15.3. The minimum atomic E-state index is -1.23. The number of nitrogens with zero attached hydrogens (tertiary/aromatic N) is 1. The summed E-state index contributed by atoms with van der Waals surface area (Å²) in [6, 6.07) is 8.93. The van der Waals surface area contributed by atoms with E-state index in [1.165, 1.54) is 0 Å². The molecule has 0 bridgehead atoms. The van der Waals surface area contributed by atoms with Gasteiger partial charge in [-0.1, -0.05) is 49.5 Å². The van der Waals surface area contributed by atoms with E-state index >= 15 is 0 Å². The number of carbonyl (C=O) groups excluding carboxylic acids is 2. The van der Waals surface area contributed by atoms with Crippen LogP contribution in [-0.2, 0) is 15.0 Å². The third-order valence-corrected chi connectivity index (χ3v) is 3.17. The average Bonchev–Trinajstić information content (AvgIpc) is 2.30. The maximum Gasteiger partial charge on any atom is 1.00 e. The molecule has 1 aromatic carbocycles. The zero-order chi connectivity index (χ0) is 12.5. The number of rotatable bonds is 2. The Bertz CT molecular complexity index is 470. The van der Waals surface area contributed by atoms with Gasteiger partial charge < -0.3 is 10.6 Å². The molecule has 4 nitrogen and oxygen atoms in total. The number of carbonyl (C=O) groups is 2. The van der Waals surface area contributed by atoms with E-state index < -0.39 is 17.2 Å². The summed E-state index contributed by atoms with van der Waals surface area (Å²) < 4.78 is 0. The van der Waals surface area contributed by atoms with Gasteiger partial charge in [-0.25, -0.2) is 0 Å². The fourth-order valence-electron chi connectivity index (χ4n) is 2.01. The minimum absolute atomic E-state index is 0. The molecule has 0 radical (unpaired) electrons. The molecule has 1 aliphatic rings. The van der Waals surface area contributed by atoms with E-state index in [9.17, 15) is 9.59 Å². The predicted molar refractivity (Wildman–Crippen MR) is 67.5 cm³/mol. The number of amides is 2. The largest absolute Gasteiger partial charge is 1.00 e. The van der Waals surface area contributed by atoms with Crippen LogP contribution < -0.4 is 34.9 Å². The van der Waals surface area contributed by atoms with Gasteiger partial charge in [0, 0.05) is 5.11 Å². The standard InChI is InChI=1S/C12H12N2O2S.Na/c1-2-12(8-6-4-3-5-7-8)9(15)13-11(17)14-10(12)16;/h3-7H,2H2,1H3,(H2,13,14,15,16,17);/q;+1/p-1. The van der Waals surface area contributed by atoms with Crippen molar-refractivity contribution in [3.8, 4) is 0 Å². The first-order valence-corrected chi connectivity index (χ1v) is 5.69. The van der Waals surface area contributed by atoms with E-state index in [-0.39, 0.29) is 34.7 Å². The predicted octanol–water partition coefficient (Wildman–Crippen LogP) is -1.35. The summed E-state index contributed by atoms with van der Waals surface area (Å²) in [4.78, 5) is 24.1. The summed E-state index contributed by atoms with van der Waals surface area (Å²) in [6.07, 6.45) is 0.355. The van der Waals surface area contributed by atoms with E-state index in [1.807, 2.05) is 6.07 Å². The number of hydrogen-bond acceptors (Lipinski definition) is 3. The van der Waals surface area contributed by atoms with Gasteiger partial charge in [-0.2, -0.15) is 0 Å². The Balaban J connectivity index is 0.00000162. The molecule has 1 N–H and O–H groups in total. The second-order valence-electron chi connectivity index (χ2n) is 3.80. The van der Waals surface area contributed by atoms with Crippen molar-refractivity contribution in [2.75, 3.05) is 0 Å². The molecule has 88 valence electrons. The monoisotopic (exact) mass is 270 g/mol. The van der Waals surface area contributed by atoms with Gasteiger partial charge in [-0.05, 0) is 12.0 Å². The number of thiocarbonyl (C=S) groups is 1. The van der Waals surface area contributed by atoms with Gasteiger partial charge in [0.1, 0.15) is 5.41 Å². The quantitative estimate of drug-likeness (QED) is 0.411. The van der Waals surface area contributed by atoms with Crippen LogP contribution in [0.1, 0.15) is 18.9 Å². The second kappa shape index (κ2) is 5.93. The van der Waals surface area contributed by atoms with Crippen LogP contribution >= 0.6 is 12.2 Å². The van der Waals surface area contributed by atoms with Crippen LogP contribution in [0.5, 0.6) is 0 Å². The summed E-state index contributed by atoms with van der Waals surface area (Å²) in [7, 11) is 0. The molecule has 2 rings (SSSR count). The zero-order valence-electron chi connectivity index (χ0n) is 10.3. The molecule has 0 spiro atoms. The molecule has 0 aliphatic carbocycles. The van der Waals surface area contributed by atoms with Crippen molar-refractivity contribution in [1.82, 2.24) is 5.32 Å². The van der Waals surface area contributed by atoms with E-state index in [0.29, 0.717) is 12.0 Å². The first-order chi connectivity index (χ1) is 8.11. The Kier molecular flexibility index (Phi) is 5.04. The van der Waals surface area contributed by atoms with Crippen molar-refractivity contribution in [2.45, 2.75) is 18.8 Å². The summed E-state index contributed by atoms with van der Waals surface area (Å²) in [5.74, 6) is -0.879. The fraction of sp³-hybridized carbons (Fsp3) is 0.250. The topological polar surface area (TPSA) is 60.3 Å². The van der Waals surface area contributed by atoms with Gasteiger partial charge in [0.05, 0.1) is 0 Å². The van der Waals surface area contributed by atoms with Crippen LogP contribution in [0.3, 0.4) is 0 Å². The molecular formula is C12H11N2NaO2S. The third kappa shape index (κ3) is 2.36. The van der Waals surface area contributed by atoms with Crippen LogP contribution in [-0.4, -0.2) is 16.9 Å². The van der Waals surface area contributed by atoms with Crippen LogP contribution in [0.15, 0.2) is 30.3 Å². The summed E-state index contributed by atoms with van der Waals surface area (Å²) in [5.41, 5.74) is -0.583. The maximum atomic E-state index is 12.1. The Morgan fingerprint density at radius 3 is 2.39 bits per heavy atom. The van der Waals surface area contributed by atoms with Crippen molar-refractivity contribution in [3.05, 3.63) is 41.2 Å². The summed E-state index contributed by atoms with van der Waals surface area (Å²) in [6.45, 7) is 1.79. The Morgan fingerprint density at radius 1 is 1.28 bits per heavy atom. The van der Waals surface area contributed by atoms with Crippen molar-refractivity contribution >= 4 is 29.1 Å². The van der Waals surface area contributed by atoms with Crippen LogP contribution in [0, 0.1) is 0 Å². The minimum Gasteiger partial charge on any atom is -0.418 e. The van der Waals surface area contributed by atoms with Gasteiger partial charge >= 0.3 is 29.6 Å². The maximum absolute atomic E-state index is 12.1. The van der Waals surface area contributed by atoms with Crippen LogP contribution in [0.2, 0.25) is 0 Å². The normalized spacial score (nSPS) is 22.8. The SMILES string of the molecule is CCC1(c2ccccc2)C(=O)[N-]C(=S)NC1=O.[Na+]. The van der Waals surface area contributed by atoms with Gasteiger partial charge in [0.15, 0.2) is 11.8 Å². The Hall–Kier alpha value is -0.750. The Morgan fingerprint density at radius 2 is 1.89 bits per heavy atom. The van der Waals surface area contributed by atoms with Crippen molar-refractivity contribution in [2.24, 2.45) is 0 Å². The molecule has 6 heteroatoms. The molecule has 1 aliphatic heterocycles. The molecular weight excluding hydrogens is 259 g/mol. The smallest absolute Gasteiger partial charge is 0.418 e. The first-order valence-electron chi connectivity index (χ1n) is 5.28. The van der Waals surface area contributed by atoms with Gasteiger partial charge in [0.25, 0.3) is 0 Å².